The molecule has 0 spiro atoms. The Bertz CT molecular complexity index is 503. The number of nitrogens with two attached hydrogens (primary N) is 1. The van der Waals surface area contributed by atoms with Crippen LogP contribution in [0.1, 0.15) is 21.5 Å². The smallest absolute Gasteiger partial charge is 0.417 e. The van der Waals surface area contributed by atoms with Crippen molar-refractivity contribution < 1.29 is 22.7 Å². The molecule has 0 aromatic heterocycles. The van der Waals surface area contributed by atoms with Crippen LogP contribution in [0.5, 0.6) is 5.75 Å². The first-order chi connectivity index (χ1) is 7.82. The van der Waals surface area contributed by atoms with Crippen molar-refractivity contribution in [3.05, 3.63) is 28.8 Å². The summed E-state index contributed by atoms with van der Waals surface area (Å²) in [5, 5.41) is 8.72. The lowest BCUT2D eigenvalue weighted by Crippen LogP contribution is -2.18. The van der Waals surface area contributed by atoms with Crippen LogP contribution in [0.2, 0.25) is 0 Å². The van der Waals surface area contributed by atoms with E-state index in [2.05, 4.69) is 0 Å². The normalized spacial score (nSPS) is 10.8. The zero-order valence-corrected chi connectivity index (χ0v) is 8.63. The summed E-state index contributed by atoms with van der Waals surface area (Å²) in [7, 11) is 1.16. The van der Waals surface area contributed by atoms with Gasteiger partial charge in [0.15, 0.2) is 0 Å². The molecule has 0 radical (unpaired) electrons. The summed E-state index contributed by atoms with van der Waals surface area (Å²) in [5.41, 5.74) is 2.33. The third kappa shape index (κ3) is 2.30. The lowest BCUT2D eigenvalue weighted by molar-refractivity contribution is -0.137. The predicted molar refractivity (Wildman–Crippen MR) is 51.2 cm³/mol. The molecule has 90 valence electrons. The number of methoxy groups -OCH3 is 1. The Labute approximate surface area is 94.4 Å². The molecule has 0 fully saturated rings. The van der Waals surface area contributed by atoms with Crippen molar-refractivity contribution in [2.24, 2.45) is 5.73 Å². The van der Waals surface area contributed by atoms with Crippen LogP contribution in [0.3, 0.4) is 0 Å². The highest BCUT2D eigenvalue weighted by atomic mass is 19.4. The maximum absolute atomic E-state index is 12.6. The second kappa shape index (κ2) is 4.33. The van der Waals surface area contributed by atoms with Gasteiger partial charge in [-0.2, -0.15) is 18.4 Å². The highest BCUT2D eigenvalue weighted by Crippen LogP contribution is 2.36. The SMILES string of the molecule is COc1ccc(C(F)(F)F)c(C#N)c1C(N)=O. The number of rotatable bonds is 2. The first-order valence-electron chi connectivity index (χ1n) is 4.31. The van der Waals surface area contributed by atoms with Crippen molar-refractivity contribution in [1.82, 2.24) is 0 Å². The van der Waals surface area contributed by atoms with Gasteiger partial charge in [-0.15, -0.1) is 0 Å². The minimum absolute atomic E-state index is 0.165. The van der Waals surface area contributed by atoms with Crippen LogP contribution in [0.15, 0.2) is 12.1 Å². The quantitative estimate of drug-likeness (QED) is 0.859. The van der Waals surface area contributed by atoms with Crippen molar-refractivity contribution in [2.45, 2.75) is 6.18 Å². The molecule has 1 aromatic rings. The van der Waals surface area contributed by atoms with Crippen molar-refractivity contribution in [3.8, 4) is 11.8 Å². The molecule has 1 amide bonds. The zero-order chi connectivity index (χ0) is 13.2. The summed E-state index contributed by atoms with van der Waals surface area (Å²) in [6.07, 6.45) is -4.73. The zero-order valence-electron chi connectivity index (χ0n) is 8.63. The molecule has 0 heterocycles. The first kappa shape index (κ1) is 12.8. The Balaban J connectivity index is 3.66. The van der Waals surface area contributed by atoms with Crippen molar-refractivity contribution in [1.29, 1.82) is 5.26 Å². The number of nitrogens with zero attached hydrogens (tertiary/aromatic N) is 1. The van der Waals surface area contributed by atoms with E-state index in [1.807, 2.05) is 0 Å². The molecule has 2 N–H and O–H groups in total. The molecule has 4 nitrogen and oxygen atoms in total. The van der Waals surface area contributed by atoms with E-state index in [0.29, 0.717) is 6.07 Å². The third-order valence-corrected chi connectivity index (χ3v) is 2.05. The van der Waals surface area contributed by atoms with Crippen LogP contribution in [0, 0.1) is 11.3 Å². The number of nitriles is 1. The largest absolute Gasteiger partial charge is 0.496 e. The number of halogens is 3. The van der Waals surface area contributed by atoms with Crippen molar-refractivity contribution in [2.75, 3.05) is 7.11 Å². The average Bonchev–Trinajstić information content (AvgIpc) is 2.25. The number of ether oxygens (including phenoxy) is 1. The van der Waals surface area contributed by atoms with Crippen molar-refractivity contribution >= 4 is 5.91 Å². The number of carbonyl (C=O) groups is 1. The summed E-state index contributed by atoms with van der Waals surface area (Å²) >= 11 is 0. The Hall–Kier alpha value is -2.23. The van der Waals surface area contributed by atoms with Gasteiger partial charge in [-0.3, -0.25) is 4.79 Å². The molecule has 0 unspecified atom stereocenters. The van der Waals surface area contributed by atoms with E-state index in [9.17, 15) is 18.0 Å². The van der Waals surface area contributed by atoms with Gasteiger partial charge >= 0.3 is 6.18 Å². The van der Waals surface area contributed by atoms with Gasteiger partial charge < -0.3 is 10.5 Å². The number of hydrogen-bond acceptors (Lipinski definition) is 3. The van der Waals surface area contributed by atoms with Gasteiger partial charge in [0.1, 0.15) is 11.8 Å². The molecule has 0 aliphatic heterocycles. The van der Waals surface area contributed by atoms with E-state index < -0.39 is 28.8 Å². The number of alkyl halides is 3. The maximum Gasteiger partial charge on any atom is 0.417 e. The molecular formula is C10H7F3N2O2. The molecule has 0 aliphatic carbocycles. The van der Waals surface area contributed by atoms with E-state index in [4.69, 9.17) is 15.7 Å². The van der Waals surface area contributed by atoms with Crippen LogP contribution in [0.4, 0.5) is 13.2 Å². The fourth-order valence-corrected chi connectivity index (χ4v) is 1.35. The van der Waals surface area contributed by atoms with Crippen LogP contribution in [-0.4, -0.2) is 13.0 Å². The third-order valence-electron chi connectivity index (χ3n) is 2.05. The summed E-state index contributed by atoms with van der Waals surface area (Å²) in [6.45, 7) is 0. The number of benzene rings is 1. The molecule has 0 aliphatic rings. The number of amides is 1. The molecule has 1 aromatic carbocycles. The van der Waals surface area contributed by atoms with Crippen LogP contribution >= 0.6 is 0 Å². The van der Waals surface area contributed by atoms with E-state index in [0.717, 1.165) is 13.2 Å². The maximum atomic E-state index is 12.6. The highest BCUT2D eigenvalue weighted by Gasteiger charge is 2.36. The van der Waals surface area contributed by atoms with Gasteiger partial charge in [0, 0.05) is 0 Å². The summed E-state index contributed by atoms with van der Waals surface area (Å²) in [5.74, 6) is -1.31. The Morgan fingerprint density at radius 2 is 2.06 bits per heavy atom. The lowest BCUT2D eigenvalue weighted by Gasteiger charge is -2.13. The van der Waals surface area contributed by atoms with Gasteiger partial charge in [-0.05, 0) is 12.1 Å². The fourth-order valence-electron chi connectivity index (χ4n) is 1.35. The second-order valence-corrected chi connectivity index (χ2v) is 3.04. The number of primary amides is 1. The van der Waals surface area contributed by atoms with Gasteiger partial charge in [-0.25, -0.2) is 0 Å². The highest BCUT2D eigenvalue weighted by molar-refractivity contribution is 5.98. The Morgan fingerprint density at radius 1 is 1.47 bits per heavy atom. The first-order valence-corrected chi connectivity index (χ1v) is 4.31. The van der Waals surface area contributed by atoms with E-state index in [1.165, 1.54) is 6.07 Å². The molecule has 0 atom stereocenters. The topological polar surface area (TPSA) is 76.1 Å². The molecule has 17 heavy (non-hydrogen) atoms. The van der Waals surface area contributed by atoms with Gasteiger partial charge in [0.05, 0.1) is 23.8 Å². The average molecular weight is 244 g/mol. The number of carbonyl (C=O) groups excluding carboxylic acids is 1. The predicted octanol–water partition coefficient (Wildman–Crippen LogP) is 1.68. The lowest BCUT2D eigenvalue weighted by atomic mass is 10.00. The fraction of sp³-hybridized carbons (Fsp3) is 0.200. The van der Waals surface area contributed by atoms with E-state index in [-0.39, 0.29) is 5.75 Å². The minimum Gasteiger partial charge on any atom is -0.496 e. The second-order valence-electron chi connectivity index (χ2n) is 3.04. The summed E-state index contributed by atoms with van der Waals surface area (Å²) < 4.78 is 42.4. The monoisotopic (exact) mass is 244 g/mol. The minimum atomic E-state index is -4.73. The molecule has 7 heteroatoms. The summed E-state index contributed by atoms with van der Waals surface area (Å²) in [4.78, 5) is 11.1. The van der Waals surface area contributed by atoms with Crippen LogP contribution < -0.4 is 10.5 Å². The number of hydrogen-bond donors (Lipinski definition) is 1. The van der Waals surface area contributed by atoms with E-state index >= 15 is 0 Å². The van der Waals surface area contributed by atoms with Gasteiger partial charge in [0.2, 0.25) is 0 Å². The van der Waals surface area contributed by atoms with Gasteiger partial charge in [-0.1, -0.05) is 0 Å². The molecular weight excluding hydrogens is 237 g/mol. The van der Waals surface area contributed by atoms with E-state index in [1.54, 1.807) is 0 Å². The Morgan fingerprint density at radius 3 is 2.41 bits per heavy atom. The van der Waals surface area contributed by atoms with Crippen molar-refractivity contribution in [3.63, 3.8) is 0 Å². The molecule has 0 saturated carbocycles. The standard InChI is InChI=1S/C10H7F3N2O2/c1-17-7-3-2-6(10(11,12)13)5(4-14)8(7)9(15)16/h2-3H,1H3,(H2,15,16). The van der Waals surface area contributed by atoms with Gasteiger partial charge in [0.25, 0.3) is 5.91 Å². The Kier molecular flexibility index (Phi) is 3.27. The molecule has 1 rings (SSSR count). The summed E-state index contributed by atoms with van der Waals surface area (Å²) in [6, 6.07) is 2.94. The molecule has 0 saturated heterocycles. The molecule has 0 bridgehead atoms. The van der Waals surface area contributed by atoms with Crippen LogP contribution in [0.25, 0.3) is 0 Å². The van der Waals surface area contributed by atoms with Crippen LogP contribution in [-0.2, 0) is 6.18 Å².